The first-order chi connectivity index (χ1) is 9.85. The highest BCUT2D eigenvalue weighted by Crippen LogP contribution is 2.28. The Labute approximate surface area is 130 Å². The minimum Gasteiger partial charge on any atom is -0.313 e. The molecule has 2 atom stereocenters. The lowest BCUT2D eigenvalue weighted by Gasteiger charge is -2.19. The van der Waals surface area contributed by atoms with Gasteiger partial charge in [0.15, 0.2) is 0 Å². The van der Waals surface area contributed by atoms with Gasteiger partial charge in [0.2, 0.25) is 0 Å². The van der Waals surface area contributed by atoms with E-state index in [1.807, 2.05) is 21.6 Å². The molecule has 2 aliphatic rings. The summed E-state index contributed by atoms with van der Waals surface area (Å²) in [5, 5.41) is 6.84. The Bertz CT molecular complexity index is 384. The van der Waals surface area contributed by atoms with Crippen molar-refractivity contribution in [3.8, 4) is 0 Å². The van der Waals surface area contributed by atoms with Crippen LogP contribution >= 0.6 is 21.6 Å². The fraction of sp³-hybridized carbons (Fsp3) is 0.500. The van der Waals surface area contributed by atoms with Crippen LogP contribution in [-0.2, 0) is 0 Å². The van der Waals surface area contributed by atoms with Crippen molar-refractivity contribution in [1.29, 1.82) is 0 Å². The first kappa shape index (κ1) is 16.0. The van der Waals surface area contributed by atoms with Crippen LogP contribution in [0.1, 0.15) is 12.8 Å². The van der Waals surface area contributed by atoms with Crippen molar-refractivity contribution in [2.75, 3.05) is 25.6 Å². The molecule has 0 amide bonds. The van der Waals surface area contributed by atoms with Gasteiger partial charge in [0.1, 0.15) is 0 Å². The summed E-state index contributed by atoms with van der Waals surface area (Å²) in [5.74, 6) is 2.25. The van der Waals surface area contributed by atoms with Crippen LogP contribution in [0.4, 0.5) is 0 Å². The Morgan fingerprint density at radius 2 is 1.35 bits per heavy atom. The Morgan fingerprint density at radius 1 is 0.900 bits per heavy atom. The molecule has 0 spiro atoms. The van der Waals surface area contributed by atoms with Gasteiger partial charge in [-0.1, -0.05) is 58.0 Å². The molecule has 0 aromatic carbocycles. The minimum absolute atomic E-state index is 0.503. The van der Waals surface area contributed by atoms with Crippen molar-refractivity contribution < 1.29 is 0 Å². The van der Waals surface area contributed by atoms with E-state index >= 15 is 0 Å². The van der Waals surface area contributed by atoms with Gasteiger partial charge in [0.25, 0.3) is 0 Å². The molecular weight excluding hydrogens is 284 g/mol. The van der Waals surface area contributed by atoms with Gasteiger partial charge in [-0.15, -0.1) is 0 Å². The van der Waals surface area contributed by atoms with Crippen LogP contribution in [-0.4, -0.2) is 37.7 Å². The van der Waals surface area contributed by atoms with Crippen LogP contribution in [0.3, 0.4) is 0 Å². The molecule has 20 heavy (non-hydrogen) atoms. The number of hydrogen-bond donors (Lipinski definition) is 2. The number of hydrogen-bond acceptors (Lipinski definition) is 4. The monoisotopic (exact) mass is 308 g/mol. The second-order valence-corrected chi connectivity index (χ2v) is 7.55. The lowest BCUT2D eigenvalue weighted by molar-refractivity contribution is 0.691. The van der Waals surface area contributed by atoms with Gasteiger partial charge >= 0.3 is 0 Å². The van der Waals surface area contributed by atoms with Crippen molar-refractivity contribution in [3.05, 3.63) is 47.6 Å². The molecule has 0 fully saturated rings. The van der Waals surface area contributed by atoms with Gasteiger partial charge in [0.05, 0.1) is 0 Å². The van der Waals surface area contributed by atoms with Crippen molar-refractivity contribution in [3.63, 3.8) is 0 Å². The number of rotatable bonds is 9. The number of likely N-dealkylation sites (N-methyl/N-ethyl adjacent to an activating group) is 2. The molecule has 0 aromatic rings. The molecule has 2 aliphatic carbocycles. The lowest BCUT2D eigenvalue weighted by Crippen LogP contribution is -2.30. The zero-order chi connectivity index (χ0) is 14.2. The smallest absolute Gasteiger partial charge is 0.0382 e. The molecule has 0 aliphatic heterocycles. The van der Waals surface area contributed by atoms with Crippen molar-refractivity contribution in [2.24, 2.45) is 0 Å². The SMILES string of the molecule is CN[C@@H](CSSC[C@H](NC)C1=CC=CC1)C1=CC=CC1. The Kier molecular flexibility index (Phi) is 7.00. The fourth-order valence-corrected chi connectivity index (χ4v) is 5.05. The quantitative estimate of drug-likeness (QED) is 0.504. The van der Waals surface area contributed by atoms with Crippen LogP contribution in [0.15, 0.2) is 47.6 Å². The summed E-state index contributed by atoms with van der Waals surface area (Å²) in [5.41, 5.74) is 3.02. The molecule has 0 bridgehead atoms. The Hall–Kier alpha value is -0.420. The van der Waals surface area contributed by atoms with Crippen LogP contribution in [0.25, 0.3) is 0 Å². The van der Waals surface area contributed by atoms with Crippen LogP contribution in [0, 0.1) is 0 Å². The maximum Gasteiger partial charge on any atom is 0.0382 e. The van der Waals surface area contributed by atoms with Gasteiger partial charge in [-0.3, -0.25) is 0 Å². The average Bonchev–Trinajstić information content (AvgIpc) is 3.15. The first-order valence-electron chi connectivity index (χ1n) is 7.15. The summed E-state index contributed by atoms with van der Waals surface area (Å²) in [6.07, 6.45) is 15.5. The molecule has 2 nitrogen and oxygen atoms in total. The van der Waals surface area contributed by atoms with Gasteiger partial charge in [-0.05, 0) is 38.1 Å². The second kappa shape index (κ2) is 8.78. The molecule has 0 aromatic heterocycles. The zero-order valence-electron chi connectivity index (χ0n) is 12.3. The van der Waals surface area contributed by atoms with Crippen molar-refractivity contribution in [1.82, 2.24) is 10.6 Å². The van der Waals surface area contributed by atoms with E-state index in [-0.39, 0.29) is 0 Å². The van der Waals surface area contributed by atoms with E-state index in [1.165, 1.54) is 11.1 Å². The van der Waals surface area contributed by atoms with Gasteiger partial charge in [0, 0.05) is 23.6 Å². The van der Waals surface area contributed by atoms with E-state index in [0.29, 0.717) is 12.1 Å². The molecular formula is C16H24N2S2. The van der Waals surface area contributed by atoms with E-state index in [9.17, 15) is 0 Å². The third-order valence-electron chi connectivity index (χ3n) is 3.74. The molecule has 0 saturated heterocycles. The highest BCUT2D eigenvalue weighted by Gasteiger charge is 2.15. The molecule has 0 saturated carbocycles. The van der Waals surface area contributed by atoms with Crippen molar-refractivity contribution >= 4 is 21.6 Å². The summed E-state index contributed by atoms with van der Waals surface area (Å²) in [4.78, 5) is 0. The molecule has 0 radical (unpaired) electrons. The molecule has 2 rings (SSSR count). The van der Waals surface area contributed by atoms with Crippen LogP contribution in [0.2, 0.25) is 0 Å². The van der Waals surface area contributed by atoms with Gasteiger partial charge in [-0.25, -0.2) is 0 Å². The number of nitrogens with one attached hydrogen (secondary N) is 2. The van der Waals surface area contributed by atoms with E-state index < -0.39 is 0 Å². The summed E-state index contributed by atoms with van der Waals surface area (Å²) < 4.78 is 0. The third kappa shape index (κ3) is 4.55. The van der Waals surface area contributed by atoms with Crippen LogP contribution < -0.4 is 10.6 Å². The summed E-state index contributed by atoms with van der Waals surface area (Å²) in [6, 6.07) is 1.01. The van der Waals surface area contributed by atoms with Crippen molar-refractivity contribution in [2.45, 2.75) is 24.9 Å². The highest BCUT2D eigenvalue weighted by molar-refractivity contribution is 8.76. The van der Waals surface area contributed by atoms with Crippen LogP contribution in [0.5, 0.6) is 0 Å². The molecule has 110 valence electrons. The van der Waals surface area contributed by atoms with E-state index in [1.54, 1.807) is 0 Å². The van der Waals surface area contributed by atoms with E-state index in [4.69, 9.17) is 0 Å². The van der Waals surface area contributed by atoms with E-state index in [2.05, 4.69) is 61.2 Å². The topological polar surface area (TPSA) is 24.1 Å². The predicted octanol–water partition coefficient (Wildman–Crippen LogP) is 3.32. The Balaban J connectivity index is 1.67. The average molecular weight is 309 g/mol. The molecule has 0 heterocycles. The normalized spacial score (nSPS) is 20.1. The maximum absolute atomic E-state index is 3.42. The predicted molar refractivity (Wildman–Crippen MR) is 94.3 cm³/mol. The summed E-state index contributed by atoms with van der Waals surface area (Å²) in [6.45, 7) is 0. The largest absolute Gasteiger partial charge is 0.313 e. The fourth-order valence-electron chi connectivity index (χ4n) is 2.43. The molecule has 2 N–H and O–H groups in total. The van der Waals surface area contributed by atoms with Gasteiger partial charge in [-0.2, -0.15) is 0 Å². The molecule has 0 unspecified atom stereocenters. The summed E-state index contributed by atoms with van der Waals surface area (Å²) in [7, 11) is 8.06. The highest BCUT2D eigenvalue weighted by atomic mass is 33.1. The second-order valence-electron chi connectivity index (χ2n) is 5.00. The minimum atomic E-state index is 0.503. The standard InChI is InChI=1S/C16H24N2S2/c1-17-15(13-7-3-4-8-13)11-19-20-12-16(18-2)14-9-5-6-10-14/h3-7,9,15-18H,8,10-12H2,1-2H3/t15-,16-/m0/s1. The number of allylic oxidation sites excluding steroid dienone is 6. The molecule has 4 heteroatoms. The van der Waals surface area contributed by atoms with Gasteiger partial charge < -0.3 is 10.6 Å². The zero-order valence-corrected chi connectivity index (χ0v) is 13.9. The summed E-state index contributed by atoms with van der Waals surface area (Å²) >= 11 is 0. The van der Waals surface area contributed by atoms with E-state index in [0.717, 1.165) is 24.3 Å². The first-order valence-corrected chi connectivity index (χ1v) is 9.64. The third-order valence-corrected chi connectivity index (χ3v) is 6.17. The Morgan fingerprint density at radius 3 is 1.65 bits per heavy atom. The maximum atomic E-state index is 3.42. The lowest BCUT2D eigenvalue weighted by atomic mass is 10.1.